The number of ether oxygens (including phenoxy) is 3. The Kier molecular flexibility index (Phi) is 15.3. The highest BCUT2D eigenvalue weighted by Gasteiger charge is 2.09. The maximum atomic E-state index is 12.6. The van der Waals surface area contributed by atoms with Crippen molar-refractivity contribution >= 4 is 17.9 Å². The normalized spacial score (nSPS) is 11.9. The number of carbonyl (C=O) groups excluding carboxylic acids is 1. The number of rotatable bonds is 20. The first-order valence-corrected chi connectivity index (χ1v) is 15.9. The van der Waals surface area contributed by atoms with Gasteiger partial charge in [-0.05, 0) is 105 Å². The van der Waals surface area contributed by atoms with E-state index in [9.17, 15) is 4.79 Å². The number of unbranched alkanes of at least 4 members (excludes halogenated alkanes) is 9. The molecule has 0 radical (unpaired) electrons. The third kappa shape index (κ3) is 12.9. The number of aliphatic imine (C=N–C) groups is 1. The molecule has 0 spiro atoms. The summed E-state index contributed by atoms with van der Waals surface area (Å²) in [6, 6.07) is 22.3. The van der Waals surface area contributed by atoms with Crippen molar-refractivity contribution in [3.8, 4) is 17.2 Å². The largest absolute Gasteiger partial charge is 0.494 e. The molecular formula is C37H49NO4. The van der Waals surface area contributed by atoms with Crippen LogP contribution in [0.2, 0.25) is 0 Å². The Morgan fingerprint density at radius 2 is 1.26 bits per heavy atom. The van der Waals surface area contributed by atoms with Crippen molar-refractivity contribution in [2.75, 3.05) is 6.61 Å². The lowest BCUT2D eigenvalue weighted by Crippen LogP contribution is -2.11. The highest BCUT2D eigenvalue weighted by Crippen LogP contribution is 2.21. The third-order valence-electron chi connectivity index (χ3n) is 7.20. The molecule has 5 heteroatoms. The number of esters is 1. The fraction of sp³-hybridized carbons (Fsp3) is 0.459. The Morgan fingerprint density at radius 3 is 1.93 bits per heavy atom. The first kappa shape index (κ1) is 32.9. The van der Waals surface area contributed by atoms with Crippen LogP contribution in [0.15, 0.2) is 77.8 Å². The van der Waals surface area contributed by atoms with Crippen LogP contribution in [0.25, 0.3) is 0 Å². The highest BCUT2D eigenvalue weighted by atomic mass is 16.5. The van der Waals surface area contributed by atoms with Gasteiger partial charge in [0.25, 0.3) is 0 Å². The van der Waals surface area contributed by atoms with Crippen molar-refractivity contribution < 1.29 is 19.0 Å². The molecule has 226 valence electrons. The molecule has 0 unspecified atom stereocenters. The maximum Gasteiger partial charge on any atom is 0.343 e. The van der Waals surface area contributed by atoms with E-state index in [0.29, 0.717) is 17.9 Å². The lowest BCUT2D eigenvalue weighted by molar-refractivity contribution is 0.0734. The van der Waals surface area contributed by atoms with Gasteiger partial charge < -0.3 is 14.2 Å². The molecule has 0 aliphatic rings. The average molecular weight is 572 g/mol. The molecule has 0 aliphatic heterocycles. The van der Waals surface area contributed by atoms with Crippen LogP contribution in [0.3, 0.4) is 0 Å². The lowest BCUT2D eigenvalue weighted by Gasteiger charge is -2.14. The average Bonchev–Trinajstić information content (AvgIpc) is 3.01. The molecule has 0 heterocycles. The Bertz CT molecular complexity index is 1170. The van der Waals surface area contributed by atoms with Gasteiger partial charge in [0.2, 0.25) is 0 Å². The van der Waals surface area contributed by atoms with E-state index in [2.05, 4.69) is 25.8 Å². The molecule has 3 aromatic carbocycles. The number of hydrogen-bond donors (Lipinski definition) is 0. The van der Waals surface area contributed by atoms with Gasteiger partial charge in [0.05, 0.1) is 24.0 Å². The summed E-state index contributed by atoms with van der Waals surface area (Å²) in [7, 11) is 0. The van der Waals surface area contributed by atoms with E-state index >= 15 is 0 Å². The topological polar surface area (TPSA) is 57.1 Å². The predicted molar refractivity (Wildman–Crippen MR) is 174 cm³/mol. The second kappa shape index (κ2) is 19.5. The van der Waals surface area contributed by atoms with E-state index in [0.717, 1.165) is 35.6 Å². The second-order valence-electron chi connectivity index (χ2n) is 11.0. The van der Waals surface area contributed by atoms with Gasteiger partial charge in [-0.25, -0.2) is 4.79 Å². The molecule has 42 heavy (non-hydrogen) atoms. The van der Waals surface area contributed by atoms with Crippen molar-refractivity contribution in [1.29, 1.82) is 0 Å². The number of carbonyl (C=O) groups is 1. The summed E-state index contributed by atoms with van der Waals surface area (Å²) in [4.78, 5) is 17.2. The molecule has 0 fully saturated rings. The number of nitrogens with zero attached hydrogens (tertiary/aromatic N) is 1. The van der Waals surface area contributed by atoms with Crippen LogP contribution in [0.1, 0.15) is 114 Å². The van der Waals surface area contributed by atoms with Gasteiger partial charge in [0.1, 0.15) is 17.2 Å². The maximum absolute atomic E-state index is 12.6. The summed E-state index contributed by atoms with van der Waals surface area (Å²) in [6.07, 6.45) is 16.9. The van der Waals surface area contributed by atoms with Gasteiger partial charge in [0, 0.05) is 6.21 Å². The van der Waals surface area contributed by atoms with Crippen LogP contribution in [-0.2, 0) is 0 Å². The molecule has 0 saturated heterocycles. The van der Waals surface area contributed by atoms with Crippen molar-refractivity contribution in [2.45, 2.75) is 104 Å². The van der Waals surface area contributed by atoms with Gasteiger partial charge in [0.15, 0.2) is 0 Å². The number of benzene rings is 3. The molecule has 0 aromatic heterocycles. The summed E-state index contributed by atoms with van der Waals surface area (Å²) in [6.45, 7) is 7.29. The zero-order valence-electron chi connectivity index (χ0n) is 25.9. The van der Waals surface area contributed by atoms with Crippen LogP contribution in [0.4, 0.5) is 5.69 Å². The Balaban J connectivity index is 1.38. The first-order valence-electron chi connectivity index (χ1n) is 15.9. The zero-order valence-corrected chi connectivity index (χ0v) is 25.9. The number of hydrogen-bond acceptors (Lipinski definition) is 5. The van der Waals surface area contributed by atoms with E-state index in [1.54, 1.807) is 30.5 Å². The molecule has 1 atom stereocenters. The van der Waals surface area contributed by atoms with Crippen LogP contribution in [0.5, 0.6) is 17.2 Å². The van der Waals surface area contributed by atoms with Crippen LogP contribution in [0, 0.1) is 0 Å². The standard InChI is InChI=1S/C37H49NO4/c1-4-6-8-10-11-12-14-28-40-34-24-18-32(19-25-34)37(39)42-36-22-16-31(17-23-36)29-38-33-20-26-35(27-21-33)41-30(3)15-13-9-7-5-2/h16-27,29-30H,4-15,28H2,1-3H3/t30-/m0/s1. The Labute approximate surface area is 253 Å². The highest BCUT2D eigenvalue weighted by molar-refractivity contribution is 5.91. The van der Waals surface area contributed by atoms with E-state index in [-0.39, 0.29) is 6.10 Å². The van der Waals surface area contributed by atoms with E-state index in [4.69, 9.17) is 14.2 Å². The molecule has 3 aromatic rings. The van der Waals surface area contributed by atoms with E-state index in [1.807, 2.05) is 48.5 Å². The lowest BCUT2D eigenvalue weighted by atomic mass is 10.1. The Hall–Kier alpha value is -3.60. The van der Waals surface area contributed by atoms with Crippen LogP contribution < -0.4 is 14.2 Å². The van der Waals surface area contributed by atoms with Gasteiger partial charge in [-0.3, -0.25) is 4.99 Å². The minimum absolute atomic E-state index is 0.210. The quantitative estimate of drug-likeness (QED) is 0.0586. The molecule has 0 bridgehead atoms. The van der Waals surface area contributed by atoms with Gasteiger partial charge >= 0.3 is 5.97 Å². The minimum atomic E-state index is -0.396. The summed E-state index contributed by atoms with van der Waals surface area (Å²) in [5, 5.41) is 0. The summed E-state index contributed by atoms with van der Waals surface area (Å²) < 4.78 is 17.4. The molecular weight excluding hydrogens is 522 g/mol. The van der Waals surface area contributed by atoms with Crippen molar-refractivity contribution in [3.63, 3.8) is 0 Å². The molecule has 0 amide bonds. The van der Waals surface area contributed by atoms with Crippen molar-refractivity contribution in [2.24, 2.45) is 4.99 Å². The predicted octanol–water partition coefficient (Wildman–Crippen LogP) is 10.5. The van der Waals surface area contributed by atoms with Crippen LogP contribution in [-0.4, -0.2) is 24.9 Å². The molecule has 0 saturated carbocycles. The van der Waals surface area contributed by atoms with Crippen LogP contribution >= 0.6 is 0 Å². The fourth-order valence-electron chi connectivity index (χ4n) is 4.63. The fourth-order valence-corrected chi connectivity index (χ4v) is 4.63. The Morgan fingerprint density at radius 1 is 0.690 bits per heavy atom. The second-order valence-corrected chi connectivity index (χ2v) is 11.0. The SMILES string of the molecule is CCCCCCCCCOc1ccc(C(=O)Oc2ccc(C=Nc3ccc(O[C@@H](C)CCCCCC)cc3)cc2)cc1. The summed E-state index contributed by atoms with van der Waals surface area (Å²) in [5.41, 5.74) is 2.25. The molecule has 0 aliphatic carbocycles. The monoisotopic (exact) mass is 571 g/mol. The minimum Gasteiger partial charge on any atom is -0.494 e. The molecule has 0 N–H and O–H groups in total. The molecule has 3 rings (SSSR count). The van der Waals surface area contributed by atoms with Gasteiger partial charge in [-0.15, -0.1) is 0 Å². The smallest absolute Gasteiger partial charge is 0.343 e. The van der Waals surface area contributed by atoms with E-state index in [1.165, 1.54) is 64.2 Å². The van der Waals surface area contributed by atoms with Gasteiger partial charge in [-0.2, -0.15) is 0 Å². The summed E-state index contributed by atoms with van der Waals surface area (Å²) >= 11 is 0. The van der Waals surface area contributed by atoms with E-state index < -0.39 is 5.97 Å². The first-order chi connectivity index (χ1) is 20.6. The van der Waals surface area contributed by atoms with Gasteiger partial charge in [-0.1, -0.05) is 71.6 Å². The molecule has 5 nitrogen and oxygen atoms in total. The van der Waals surface area contributed by atoms with Crippen molar-refractivity contribution in [1.82, 2.24) is 0 Å². The van der Waals surface area contributed by atoms with Crippen molar-refractivity contribution in [3.05, 3.63) is 83.9 Å². The summed E-state index contributed by atoms with van der Waals surface area (Å²) in [5.74, 6) is 1.74. The third-order valence-corrected chi connectivity index (χ3v) is 7.20. The zero-order chi connectivity index (χ0) is 29.8.